The van der Waals surface area contributed by atoms with E-state index < -0.39 is 0 Å². The number of benzene rings is 2. The average molecular weight is 288 g/mol. The lowest BCUT2D eigenvalue weighted by Crippen LogP contribution is -2.17. The van der Waals surface area contributed by atoms with Crippen molar-refractivity contribution in [3.63, 3.8) is 0 Å². The summed E-state index contributed by atoms with van der Waals surface area (Å²) in [7, 11) is 0. The first-order valence-electron chi connectivity index (χ1n) is 7.00. The Morgan fingerprint density at radius 2 is 1.77 bits per heavy atom. The van der Waals surface area contributed by atoms with E-state index >= 15 is 0 Å². The molecule has 0 N–H and O–H groups in total. The number of ketones is 1. The lowest BCUT2D eigenvalue weighted by molar-refractivity contribution is 0.101. The van der Waals surface area contributed by atoms with Crippen molar-refractivity contribution in [2.75, 3.05) is 0 Å². The number of pyridine rings is 1. The molecule has 0 atom stereocenters. The highest BCUT2D eigenvalue weighted by molar-refractivity contribution is 6.01. The second-order valence-electron chi connectivity index (χ2n) is 5.31. The van der Waals surface area contributed by atoms with Crippen LogP contribution < -0.4 is 5.56 Å². The zero-order chi connectivity index (χ0) is 15.3. The number of carbonyl (C=O) groups excluding carboxylic acids is 1. The van der Waals surface area contributed by atoms with Crippen LogP contribution in [0.1, 0.15) is 17.3 Å². The third-order valence-electron chi connectivity index (χ3n) is 3.89. The Balaban J connectivity index is 2.25. The molecule has 0 spiro atoms. The lowest BCUT2D eigenvalue weighted by Gasteiger charge is -2.07. The Morgan fingerprint density at radius 1 is 1.05 bits per heavy atom. The number of hydrogen-bond acceptors (Lipinski definition) is 3. The van der Waals surface area contributed by atoms with Crippen molar-refractivity contribution < 1.29 is 4.79 Å². The molecule has 4 rings (SSSR count). The van der Waals surface area contributed by atoms with Crippen LogP contribution in [0.2, 0.25) is 0 Å². The number of Topliss-reactive ketones (excluding diaryl/α,β-unsaturated/α-hetero) is 1. The van der Waals surface area contributed by atoms with Gasteiger partial charge in [0.2, 0.25) is 0 Å². The summed E-state index contributed by atoms with van der Waals surface area (Å²) in [6, 6.07) is 15.0. The summed E-state index contributed by atoms with van der Waals surface area (Å²) in [6.07, 6.45) is 1.64. The monoisotopic (exact) mass is 288 g/mol. The molecule has 106 valence electrons. The minimum Gasteiger partial charge on any atom is -0.294 e. The number of aromatic nitrogens is 2. The van der Waals surface area contributed by atoms with Gasteiger partial charge in [-0.25, -0.2) is 4.98 Å². The van der Waals surface area contributed by atoms with E-state index in [0.29, 0.717) is 22.1 Å². The van der Waals surface area contributed by atoms with E-state index in [9.17, 15) is 9.59 Å². The van der Waals surface area contributed by atoms with E-state index in [1.54, 1.807) is 18.3 Å². The average Bonchev–Trinajstić information content (AvgIpc) is 2.53. The van der Waals surface area contributed by atoms with Gasteiger partial charge in [0.15, 0.2) is 11.4 Å². The Bertz CT molecular complexity index is 1130. The predicted octanol–water partition coefficient (Wildman–Crippen LogP) is 3.20. The van der Waals surface area contributed by atoms with Gasteiger partial charge in [-0.05, 0) is 42.0 Å². The van der Waals surface area contributed by atoms with E-state index in [-0.39, 0.29) is 11.3 Å². The predicted molar refractivity (Wildman–Crippen MR) is 86.5 cm³/mol. The van der Waals surface area contributed by atoms with Crippen LogP contribution >= 0.6 is 0 Å². The smallest absolute Gasteiger partial charge is 0.265 e. The van der Waals surface area contributed by atoms with Crippen molar-refractivity contribution in [2.24, 2.45) is 0 Å². The van der Waals surface area contributed by atoms with Crippen molar-refractivity contribution in [1.29, 1.82) is 0 Å². The molecular formula is C18H12N2O2. The van der Waals surface area contributed by atoms with E-state index in [1.807, 2.05) is 36.4 Å². The summed E-state index contributed by atoms with van der Waals surface area (Å²) in [5, 5.41) is 2.57. The summed E-state index contributed by atoms with van der Waals surface area (Å²) >= 11 is 0. The zero-order valence-corrected chi connectivity index (χ0v) is 11.9. The van der Waals surface area contributed by atoms with Crippen LogP contribution in [0.25, 0.3) is 27.3 Å². The maximum atomic E-state index is 12.7. The van der Waals surface area contributed by atoms with Crippen molar-refractivity contribution in [1.82, 2.24) is 9.38 Å². The van der Waals surface area contributed by atoms with Gasteiger partial charge in [0.1, 0.15) is 0 Å². The molecule has 0 saturated heterocycles. The Hall–Kier alpha value is -3.01. The maximum absolute atomic E-state index is 12.7. The van der Waals surface area contributed by atoms with Crippen molar-refractivity contribution in [3.8, 4) is 0 Å². The molecule has 4 aromatic rings. The second-order valence-corrected chi connectivity index (χ2v) is 5.31. The Kier molecular flexibility index (Phi) is 2.60. The molecule has 0 aliphatic rings. The van der Waals surface area contributed by atoms with Crippen LogP contribution in [0.3, 0.4) is 0 Å². The first-order valence-corrected chi connectivity index (χ1v) is 7.00. The quantitative estimate of drug-likeness (QED) is 0.399. The van der Waals surface area contributed by atoms with Crippen molar-refractivity contribution in [2.45, 2.75) is 6.92 Å². The molecule has 0 unspecified atom stereocenters. The van der Waals surface area contributed by atoms with E-state index in [2.05, 4.69) is 4.98 Å². The summed E-state index contributed by atoms with van der Waals surface area (Å²) < 4.78 is 1.44. The van der Waals surface area contributed by atoms with Gasteiger partial charge in [-0.3, -0.25) is 14.0 Å². The van der Waals surface area contributed by atoms with Crippen LogP contribution in [-0.2, 0) is 0 Å². The van der Waals surface area contributed by atoms with Gasteiger partial charge in [0.25, 0.3) is 5.56 Å². The van der Waals surface area contributed by atoms with Gasteiger partial charge in [0.05, 0.1) is 16.5 Å². The molecule has 0 aliphatic heterocycles. The minimum absolute atomic E-state index is 0.106. The highest BCUT2D eigenvalue weighted by Gasteiger charge is 2.12. The number of carbonyl (C=O) groups is 1. The SMILES string of the molecule is CC(=O)c1cccn2c(=O)c3cc4ccccc4cc3nc12. The first-order chi connectivity index (χ1) is 10.6. The van der Waals surface area contributed by atoms with Crippen molar-refractivity contribution in [3.05, 3.63) is 70.6 Å². The largest absolute Gasteiger partial charge is 0.294 e. The van der Waals surface area contributed by atoms with Crippen LogP contribution in [0, 0.1) is 0 Å². The summed E-state index contributed by atoms with van der Waals surface area (Å²) in [5.74, 6) is -0.106. The highest BCUT2D eigenvalue weighted by Crippen LogP contribution is 2.20. The molecule has 2 aromatic heterocycles. The third kappa shape index (κ3) is 1.74. The van der Waals surface area contributed by atoms with Crippen LogP contribution in [-0.4, -0.2) is 15.2 Å². The number of fused-ring (bicyclic) bond motifs is 3. The fourth-order valence-electron chi connectivity index (χ4n) is 2.79. The fourth-order valence-corrected chi connectivity index (χ4v) is 2.79. The van der Waals surface area contributed by atoms with Gasteiger partial charge in [-0.15, -0.1) is 0 Å². The molecule has 0 aliphatic carbocycles. The van der Waals surface area contributed by atoms with Gasteiger partial charge in [-0.2, -0.15) is 0 Å². The Morgan fingerprint density at radius 3 is 2.50 bits per heavy atom. The maximum Gasteiger partial charge on any atom is 0.265 e. The highest BCUT2D eigenvalue weighted by atomic mass is 16.1. The molecular weight excluding hydrogens is 276 g/mol. The molecule has 4 heteroatoms. The van der Waals surface area contributed by atoms with Gasteiger partial charge in [-0.1, -0.05) is 24.3 Å². The summed E-state index contributed by atoms with van der Waals surface area (Å²) in [5.41, 5.74) is 1.31. The van der Waals surface area contributed by atoms with E-state index in [0.717, 1.165) is 10.8 Å². The fraction of sp³-hybridized carbons (Fsp3) is 0.0556. The van der Waals surface area contributed by atoms with E-state index in [1.165, 1.54) is 11.3 Å². The first kappa shape index (κ1) is 12.7. The van der Waals surface area contributed by atoms with E-state index in [4.69, 9.17) is 0 Å². The lowest BCUT2D eigenvalue weighted by atomic mass is 10.1. The Labute approximate surface area is 125 Å². The number of hydrogen-bond donors (Lipinski definition) is 0. The molecule has 22 heavy (non-hydrogen) atoms. The van der Waals surface area contributed by atoms with Crippen LogP contribution in [0.5, 0.6) is 0 Å². The normalized spacial score (nSPS) is 11.3. The topological polar surface area (TPSA) is 51.4 Å². The molecule has 0 radical (unpaired) electrons. The number of nitrogens with zero attached hydrogens (tertiary/aromatic N) is 2. The molecule has 2 heterocycles. The number of rotatable bonds is 1. The van der Waals surface area contributed by atoms with Gasteiger partial charge >= 0.3 is 0 Å². The zero-order valence-electron chi connectivity index (χ0n) is 11.9. The summed E-state index contributed by atoms with van der Waals surface area (Å²) in [6.45, 7) is 1.48. The second kappa shape index (κ2) is 4.49. The van der Waals surface area contributed by atoms with Crippen LogP contribution in [0.4, 0.5) is 0 Å². The van der Waals surface area contributed by atoms with Gasteiger partial charge < -0.3 is 0 Å². The molecule has 0 bridgehead atoms. The summed E-state index contributed by atoms with van der Waals surface area (Å²) in [4.78, 5) is 29.0. The van der Waals surface area contributed by atoms with Gasteiger partial charge in [0, 0.05) is 6.20 Å². The van der Waals surface area contributed by atoms with Crippen LogP contribution in [0.15, 0.2) is 59.5 Å². The van der Waals surface area contributed by atoms with Crippen molar-refractivity contribution >= 4 is 33.1 Å². The molecule has 0 saturated carbocycles. The molecule has 0 fully saturated rings. The molecule has 4 nitrogen and oxygen atoms in total. The molecule has 0 amide bonds. The standard InChI is InChI=1S/C18H12N2O2/c1-11(21)14-7-4-8-20-17(14)19-16-10-13-6-3-2-5-12(13)9-15(16)18(20)22/h2-10H,1H3. The minimum atomic E-state index is -0.158. The molecule has 2 aromatic carbocycles. The third-order valence-corrected chi connectivity index (χ3v) is 3.89.